The molecule has 2 heterocycles. The van der Waals surface area contributed by atoms with Crippen molar-refractivity contribution in [2.45, 2.75) is 0 Å². The van der Waals surface area contributed by atoms with Crippen LogP contribution < -0.4 is 5.73 Å². The van der Waals surface area contributed by atoms with Crippen molar-refractivity contribution in [2.24, 2.45) is 0 Å². The summed E-state index contributed by atoms with van der Waals surface area (Å²) >= 11 is 9.28. The second-order valence-corrected chi connectivity index (χ2v) is 4.51. The highest BCUT2D eigenvalue weighted by molar-refractivity contribution is 9.10. The van der Waals surface area contributed by atoms with Crippen LogP contribution in [0.4, 0.5) is 5.82 Å². The number of nitrogens with zero attached hydrogens (tertiary/aromatic N) is 2. The first kappa shape index (κ1) is 11.9. The van der Waals surface area contributed by atoms with Crippen molar-refractivity contribution in [3.05, 3.63) is 51.3 Å². The highest BCUT2D eigenvalue weighted by atomic mass is 79.9. The van der Waals surface area contributed by atoms with E-state index in [2.05, 4.69) is 37.7 Å². The van der Waals surface area contributed by atoms with E-state index in [9.17, 15) is 0 Å². The zero-order valence-corrected chi connectivity index (χ0v) is 11.0. The Morgan fingerprint density at radius 1 is 1.24 bits per heavy atom. The molecule has 0 bridgehead atoms. The molecule has 2 N–H and O–H groups in total. The summed E-state index contributed by atoms with van der Waals surface area (Å²) in [6, 6.07) is 3.49. The largest absolute Gasteiger partial charge is 0.383 e. The average molecular weight is 309 g/mol. The summed E-state index contributed by atoms with van der Waals surface area (Å²) in [6.45, 7) is 0. The second kappa shape index (κ2) is 5.17. The topological polar surface area (TPSA) is 51.8 Å². The van der Waals surface area contributed by atoms with E-state index in [1.807, 2.05) is 0 Å². The zero-order chi connectivity index (χ0) is 12.3. The Morgan fingerprint density at radius 2 is 2.00 bits per heavy atom. The number of rotatable bonds is 0. The molecule has 0 saturated heterocycles. The van der Waals surface area contributed by atoms with E-state index in [0.29, 0.717) is 22.0 Å². The van der Waals surface area contributed by atoms with Gasteiger partial charge in [-0.15, -0.1) is 0 Å². The summed E-state index contributed by atoms with van der Waals surface area (Å²) < 4.78 is 0.827. The van der Waals surface area contributed by atoms with Crippen LogP contribution in [0.2, 0.25) is 5.02 Å². The van der Waals surface area contributed by atoms with Crippen LogP contribution in [-0.4, -0.2) is 9.97 Å². The summed E-state index contributed by atoms with van der Waals surface area (Å²) in [4.78, 5) is 7.95. The van der Waals surface area contributed by atoms with Crippen molar-refractivity contribution in [2.75, 3.05) is 5.73 Å². The van der Waals surface area contributed by atoms with Gasteiger partial charge in [-0.25, -0.2) is 4.98 Å². The number of hydrogen-bond acceptors (Lipinski definition) is 3. The van der Waals surface area contributed by atoms with E-state index >= 15 is 0 Å². The number of nitrogen functional groups attached to an aromatic ring is 1. The maximum atomic E-state index is 5.96. The molecule has 3 nitrogen and oxygen atoms in total. The molecule has 0 unspecified atom stereocenters. The lowest BCUT2D eigenvalue weighted by atomic mass is 10.2. The summed E-state index contributed by atoms with van der Waals surface area (Å²) in [5.41, 5.74) is 7.02. The van der Waals surface area contributed by atoms with Crippen molar-refractivity contribution < 1.29 is 0 Å². The van der Waals surface area contributed by atoms with Gasteiger partial charge in [0.15, 0.2) is 0 Å². The fraction of sp³-hybridized carbons (Fsp3) is 0. The SMILES string of the molecule is Nc1ncc(Br)cc1C#Cc1cnccc1Cl. The van der Waals surface area contributed by atoms with Crippen molar-refractivity contribution in [3.8, 4) is 11.8 Å². The van der Waals surface area contributed by atoms with Gasteiger partial charge in [0.05, 0.1) is 16.1 Å². The second-order valence-electron chi connectivity index (χ2n) is 3.19. The smallest absolute Gasteiger partial charge is 0.139 e. The molecule has 0 radical (unpaired) electrons. The summed E-state index contributed by atoms with van der Waals surface area (Å²) in [7, 11) is 0. The number of pyridine rings is 2. The molecule has 2 aromatic heterocycles. The minimum Gasteiger partial charge on any atom is -0.383 e. The van der Waals surface area contributed by atoms with E-state index in [4.69, 9.17) is 17.3 Å². The lowest BCUT2D eigenvalue weighted by molar-refractivity contribution is 1.30. The zero-order valence-electron chi connectivity index (χ0n) is 8.61. The Labute approximate surface area is 112 Å². The van der Waals surface area contributed by atoms with Gasteiger partial charge in [-0.3, -0.25) is 4.98 Å². The van der Waals surface area contributed by atoms with Crippen LogP contribution in [0, 0.1) is 11.8 Å². The van der Waals surface area contributed by atoms with Gasteiger partial charge in [-0.05, 0) is 28.1 Å². The van der Waals surface area contributed by atoms with Gasteiger partial charge >= 0.3 is 0 Å². The van der Waals surface area contributed by atoms with Crippen LogP contribution in [0.25, 0.3) is 0 Å². The minimum atomic E-state index is 0.390. The lowest BCUT2D eigenvalue weighted by Gasteiger charge is -1.97. The van der Waals surface area contributed by atoms with Crippen LogP contribution in [0.1, 0.15) is 11.1 Å². The van der Waals surface area contributed by atoms with Crippen molar-refractivity contribution in [1.82, 2.24) is 9.97 Å². The van der Waals surface area contributed by atoms with Gasteiger partial charge in [0.1, 0.15) is 5.82 Å². The van der Waals surface area contributed by atoms with E-state index < -0.39 is 0 Å². The Bertz CT molecular complexity index is 617. The van der Waals surface area contributed by atoms with Gasteiger partial charge < -0.3 is 5.73 Å². The van der Waals surface area contributed by atoms with Crippen LogP contribution in [0.5, 0.6) is 0 Å². The van der Waals surface area contributed by atoms with E-state index in [0.717, 1.165) is 4.47 Å². The molecule has 17 heavy (non-hydrogen) atoms. The van der Waals surface area contributed by atoms with Gasteiger partial charge in [0, 0.05) is 23.1 Å². The predicted molar refractivity (Wildman–Crippen MR) is 71.6 cm³/mol. The summed E-state index contributed by atoms with van der Waals surface area (Å²) in [5, 5.41) is 0.564. The van der Waals surface area contributed by atoms with Crippen LogP contribution in [-0.2, 0) is 0 Å². The number of anilines is 1. The first-order chi connectivity index (χ1) is 8.16. The Morgan fingerprint density at radius 3 is 2.76 bits per heavy atom. The fourth-order valence-corrected chi connectivity index (χ4v) is 1.64. The summed E-state index contributed by atoms with van der Waals surface area (Å²) in [6.07, 6.45) is 4.84. The minimum absolute atomic E-state index is 0.390. The third kappa shape index (κ3) is 2.96. The fourth-order valence-electron chi connectivity index (χ4n) is 1.15. The molecule has 5 heteroatoms. The Balaban J connectivity index is 2.40. The molecule has 0 aliphatic heterocycles. The molecule has 84 valence electrons. The maximum absolute atomic E-state index is 5.96. The molecule has 0 spiro atoms. The third-order valence-corrected chi connectivity index (χ3v) is 2.75. The van der Waals surface area contributed by atoms with E-state index in [1.165, 1.54) is 0 Å². The standard InChI is InChI=1S/C12H7BrClN3/c13-10-5-8(12(15)17-7-10)1-2-9-6-16-4-3-11(9)14/h3-7H,(H2,15,17). The molecule has 0 saturated carbocycles. The molecule has 2 aromatic rings. The lowest BCUT2D eigenvalue weighted by Crippen LogP contribution is -1.93. The molecule has 0 fully saturated rings. The molecular weight excluding hydrogens is 302 g/mol. The van der Waals surface area contributed by atoms with Crippen LogP contribution in [0.15, 0.2) is 35.2 Å². The molecular formula is C12H7BrClN3. The highest BCUT2D eigenvalue weighted by Gasteiger charge is 1.98. The van der Waals surface area contributed by atoms with Gasteiger partial charge in [-0.1, -0.05) is 23.4 Å². The predicted octanol–water partition coefficient (Wildman–Crippen LogP) is 2.87. The third-order valence-electron chi connectivity index (χ3n) is 1.98. The Hall–Kier alpha value is -1.57. The maximum Gasteiger partial charge on any atom is 0.139 e. The first-order valence-corrected chi connectivity index (χ1v) is 5.86. The Kier molecular flexibility index (Phi) is 3.62. The van der Waals surface area contributed by atoms with Gasteiger partial charge in [-0.2, -0.15) is 0 Å². The van der Waals surface area contributed by atoms with Gasteiger partial charge in [0.25, 0.3) is 0 Å². The number of hydrogen-bond donors (Lipinski definition) is 1. The molecule has 0 aliphatic carbocycles. The van der Waals surface area contributed by atoms with Crippen LogP contribution in [0.3, 0.4) is 0 Å². The number of aromatic nitrogens is 2. The molecule has 0 amide bonds. The van der Waals surface area contributed by atoms with E-state index in [1.54, 1.807) is 30.7 Å². The average Bonchev–Trinajstić information content (AvgIpc) is 2.32. The van der Waals surface area contributed by atoms with Gasteiger partial charge in [0.2, 0.25) is 0 Å². The molecule has 0 aromatic carbocycles. The number of halogens is 2. The quantitative estimate of drug-likeness (QED) is 0.761. The molecule has 0 atom stereocenters. The van der Waals surface area contributed by atoms with Crippen molar-refractivity contribution in [1.29, 1.82) is 0 Å². The van der Waals surface area contributed by atoms with E-state index in [-0.39, 0.29) is 0 Å². The molecule has 0 aliphatic rings. The molecule has 2 rings (SSSR count). The number of nitrogens with two attached hydrogens (primary N) is 1. The summed E-state index contributed by atoms with van der Waals surface area (Å²) in [5.74, 6) is 6.22. The monoisotopic (exact) mass is 307 g/mol. The first-order valence-electron chi connectivity index (χ1n) is 4.69. The van der Waals surface area contributed by atoms with Crippen molar-refractivity contribution in [3.63, 3.8) is 0 Å². The highest BCUT2D eigenvalue weighted by Crippen LogP contribution is 2.15. The van der Waals surface area contributed by atoms with Crippen LogP contribution >= 0.6 is 27.5 Å². The van der Waals surface area contributed by atoms with Crippen molar-refractivity contribution >= 4 is 33.3 Å². The normalized spacial score (nSPS) is 9.53.